The van der Waals surface area contributed by atoms with Gasteiger partial charge in [-0.2, -0.15) is 0 Å². The minimum atomic E-state index is -2.92. The molecule has 0 aliphatic rings. The molecule has 0 N–H and O–H groups in total. The fourth-order valence-electron chi connectivity index (χ4n) is 15.6. The number of nitrogens with zero attached hydrogens (tertiary/aromatic N) is 3. The van der Waals surface area contributed by atoms with E-state index in [9.17, 15) is 0 Å². The highest BCUT2D eigenvalue weighted by Gasteiger charge is 2.37. The molecule has 0 aliphatic heterocycles. The number of hydrogen-bond acceptors (Lipinski definition) is 3. The van der Waals surface area contributed by atoms with Crippen LogP contribution >= 0.6 is 0 Å². The third-order valence-electron chi connectivity index (χ3n) is 22.0. The summed E-state index contributed by atoms with van der Waals surface area (Å²) in [6.07, 6.45) is 49.0. The topological polar surface area (TPSA) is 69.2 Å². The predicted octanol–water partition coefficient (Wildman–Crippen LogP) is 23.3. The molecule has 0 aromatic heterocycles. The van der Waals surface area contributed by atoms with E-state index in [1.807, 2.05) is 0 Å². The average Bonchev–Trinajstić information content (AvgIpc) is 0.842. The summed E-state index contributed by atoms with van der Waals surface area (Å²) < 4.78 is 4.26. The van der Waals surface area contributed by atoms with Crippen LogP contribution in [0, 0.1) is 0 Å². The number of benzene rings is 3. The van der Waals surface area contributed by atoms with Crippen molar-refractivity contribution >= 4 is 7.32 Å². The molecule has 3 unspecified atom stereocenters. The average molecular weight is 1350 g/mol. The Morgan fingerprint density at radius 1 is 0.247 bits per heavy atom. The number of quaternary nitrogens is 3. The second kappa shape index (κ2) is 55.1. The third kappa shape index (κ3) is 40.8. The van der Waals surface area contributed by atoms with Crippen LogP contribution < -0.4 is 15.1 Å². The molecule has 0 radical (unpaired) electrons. The zero-order valence-electron chi connectivity index (χ0n) is 69.1. The van der Waals surface area contributed by atoms with Crippen molar-refractivity contribution in [3.05, 3.63) is 106 Å². The Hall–Kier alpha value is -2.52. The van der Waals surface area contributed by atoms with Crippen molar-refractivity contribution < 1.29 is 28.5 Å². The maximum Gasteiger partial charge on any atom is 0.0890 e. The first-order chi connectivity index (χ1) is 46.2. The summed E-state index contributed by atoms with van der Waals surface area (Å²) in [5.74, 6) is 0. The van der Waals surface area contributed by atoms with Crippen molar-refractivity contribution in [2.24, 2.45) is 0 Å². The van der Waals surface area contributed by atoms with Crippen LogP contribution in [0.25, 0.3) is 0 Å². The van der Waals surface area contributed by atoms with Crippen LogP contribution in [-0.2, 0) is 35.5 Å². The van der Waals surface area contributed by atoms with Gasteiger partial charge < -0.3 is 28.5 Å². The molecular formula is C90H168BN3O3. The Balaban J connectivity index is 0.00000138. The highest BCUT2D eigenvalue weighted by Crippen LogP contribution is 2.32. The van der Waals surface area contributed by atoms with Gasteiger partial charge in [0.15, 0.2) is 0 Å². The van der Waals surface area contributed by atoms with Gasteiger partial charge in [-0.05, 0) is 204 Å². The lowest BCUT2D eigenvalue weighted by Crippen LogP contribution is -2.57. The lowest BCUT2D eigenvalue weighted by atomic mass is 9.86. The van der Waals surface area contributed by atoms with Gasteiger partial charge in [0.05, 0.1) is 77.0 Å². The van der Waals surface area contributed by atoms with E-state index in [4.69, 9.17) is 15.1 Å². The fourth-order valence-corrected chi connectivity index (χ4v) is 15.6. The molecule has 0 bridgehead atoms. The van der Waals surface area contributed by atoms with Gasteiger partial charge in [0.1, 0.15) is 0 Å². The van der Waals surface area contributed by atoms with E-state index < -0.39 is 7.32 Å². The molecule has 0 saturated heterocycles. The van der Waals surface area contributed by atoms with Crippen molar-refractivity contribution in [3.63, 3.8) is 0 Å². The second-order valence-corrected chi connectivity index (χ2v) is 33.5. The van der Waals surface area contributed by atoms with Gasteiger partial charge >= 0.3 is 0 Å². The van der Waals surface area contributed by atoms with E-state index >= 15 is 0 Å². The van der Waals surface area contributed by atoms with Gasteiger partial charge in [-0.25, -0.2) is 0 Å². The van der Waals surface area contributed by atoms with Crippen molar-refractivity contribution in [1.82, 2.24) is 0 Å². The first kappa shape index (κ1) is 94.5. The standard InChI is InChI=1S/3C30H56N.BO3/c3*1-8-12-24-31(25-13-9-2,26-14-10-3)29(17-11-4)19-16-15-18-27-20-22-28(23-21-27)30(5,6)7;2-1(3)4/h3*20-23,29H,8-19,24-26H2,1-7H3;/q3*+1;-3. The van der Waals surface area contributed by atoms with Gasteiger partial charge in [-0.15, -0.1) is 0 Å². The van der Waals surface area contributed by atoms with Gasteiger partial charge in [0, 0.05) is 0 Å². The van der Waals surface area contributed by atoms with E-state index in [0.717, 1.165) is 18.1 Å². The molecule has 97 heavy (non-hydrogen) atoms. The first-order valence-corrected chi connectivity index (χ1v) is 42.0. The van der Waals surface area contributed by atoms with Crippen LogP contribution in [0.15, 0.2) is 72.8 Å². The highest BCUT2D eigenvalue weighted by molar-refractivity contribution is 6.24. The van der Waals surface area contributed by atoms with Crippen LogP contribution in [0.4, 0.5) is 0 Å². The Morgan fingerprint density at radius 3 is 0.546 bits per heavy atom. The molecule has 3 aromatic rings. The minimum Gasteiger partial charge on any atom is -0.907 e. The summed E-state index contributed by atoms with van der Waals surface area (Å²) in [4.78, 5) is 0. The van der Waals surface area contributed by atoms with Crippen LogP contribution in [-0.4, -0.2) is 97.8 Å². The normalized spacial score (nSPS) is 13.2. The molecule has 7 heteroatoms. The zero-order valence-corrected chi connectivity index (χ0v) is 69.1. The van der Waals surface area contributed by atoms with Crippen LogP contribution in [0.3, 0.4) is 0 Å². The molecule has 0 aliphatic carbocycles. The Kier molecular flexibility index (Phi) is 53.7. The van der Waals surface area contributed by atoms with E-state index in [1.54, 1.807) is 0 Å². The zero-order chi connectivity index (χ0) is 73.1. The van der Waals surface area contributed by atoms with Gasteiger partial charge in [-0.3, -0.25) is 7.32 Å². The Morgan fingerprint density at radius 2 is 0.412 bits per heavy atom. The van der Waals surface area contributed by atoms with E-state index in [-0.39, 0.29) is 16.2 Å². The van der Waals surface area contributed by atoms with Gasteiger partial charge in [-0.1, -0.05) is 295 Å². The van der Waals surface area contributed by atoms with Gasteiger partial charge in [0.2, 0.25) is 0 Å². The quantitative estimate of drug-likeness (QED) is 0.0321. The maximum absolute atomic E-state index is 8.42. The number of unbranched alkanes of at least 4 members (excludes halogenated alkanes) is 12. The molecule has 0 heterocycles. The number of rotatable bonds is 51. The molecule has 564 valence electrons. The Labute approximate surface area is 608 Å². The molecular weight excluding hydrogens is 1180 g/mol. The maximum atomic E-state index is 8.42. The molecule has 6 nitrogen and oxygen atoms in total. The van der Waals surface area contributed by atoms with Crippen molar-refractivity contribution in [2.45, 2.75) is 411 Å². The predicted molar refractivity (Wildman–Crippen MR) is 429 cm³/mol. The van der Waals surface area contributed by atoms with Crippen molar-refractivity contribution in [3.8, 4) is 0 Å². The van der Waals surface area contributed by atoms with E-state index in [1.165, 1.54) is 337 Å². The van der Waals surface area contributed by atoms with Crippen molar-refractivity contribution in [1.29, 1.82) is 0 Å². The smallest absolute Gasteiger partial charge is 0.0890 e. The Bertz CT molecular complexity index is 1910. The van der Waals surface area contributed by atoms with Crippen molar-refractivity contribution in [2.75, 3.05) is 58.9 Å². The summed E-state index contributed by atoms with van der Waals surface area (Å²) in [6, 6.07) is 30.9. The largest absolute Gasteiger partial charge is 0.907 e. The van der Waals surface area contributed by atoms with E-state index in [2.05, 4.69) is 218 Å². The summed E-state index contributed by atoms with van der Waals surface area (Å²) in [5, 5.41) is 25.2. The summed E-state index contributed by atoms with van der Waals surface area (Å²) in [5.41, 5.74) is 9.65. The molecule has 0 amide bonds. The molecule has 3 aromatic carbocycles. The van der Waals surface area contributed by atoms with Crippen LogP contribution in [0.2, 0.25) is 0 Å². The molecule has 3 atom stereocenters. The summed E-state index contributed by atoms with van der Waals surface area (Å²) in [7, 11) is -2.92. The number of aryl methyl sites for hydroxylation is 3. The SMILES string of the molecule is CCCC[N+](CCCC)(CCCC)C(CCC)CCCCc1ccc(C(C)(C)C)cc1.CCCC[N+](CCCC)(CCCC)C(CCC)CCCCc1ccc(C(C)(C)C)cc1.CCCC[N+](CCCC)(CCCC)C(CCC)CCCCc1ccc(C(C)(C)C)cc1.[O-]B([O-])[O-]. The van der Waals surface area contributed by atoms with Crippen LogP contribution in [0.1, 0.15) is 391 Å². The molecule has 0 saturated carbocycles. The fraction of sp³-hybridized carbons (Fsp3) is 0.800. The summed E-state index contributed by atoms with van der Waals surface area (Å²) in [6.45, 7) is 61.9. The lowest BCUT2D eigenvalue weighted by molar-refractivity contribution is -0.952. The highest BCUT2D eigenvalue weighted by atomic mass is 16.5. The van der Waals surface area contributed by atoms with E-state index in [0.29, 0.717) is 0 Å². The molecule has 3 rings (SSSR count). The van der Waals surface area contributed by atoms with Crippen LogP contribution in [0.5, 0.6) is 0 Å². The molecule has 0 fully saturated rings. The summed E-state index contributed by atoms with van der Waals surface area (Å²) >= 11 is 0. The minimum absolute atomic E-state index is 0.253. The first-order valence-electron chi connectivity index (χ1n) is 42.0. The van der Waals surface area contributed by atoms with Gasteiger partial charge in [0.25, 0.3) is 0 Å². The second-order valence-electron chi connectivity index (χ2n) is 33.5. The number of hydrogen-bond donors (Lipinski definition) is 0. The third-order valence-corrected chi connectivity index (χ3v) is 22.0. The lowest BCUT2D eigenvalue weighted by Gasteiger charge is -2.46. The molecule has 0 spiro atoms. The monoisotopic (exact) mass is 1350 g/mol.